The Morgan fingerprint density at radius 1 is 1.07 bits per heavy atom. The van der Waals surface area contributed by atoms with E-state index in [1.807, 2.05) is 48.2 Å². The number of aromatic nitrogens is 4. The minimum absolute atomic E-state index is 0.0408. The molecular weight excluding hydrogens is 542 g/mol. The molecule has 4 aromatic rings. The van der Waals surface area contributed by atoms with E-state index in [-0.39, 0.29) is 35.1 Å². The maximum Gasteiger partial charge on any atom is 0.319 e. The first-order chi connectivity index (χ1) is 19.7. The molecule has 0 N–H and O–H groups in total. The molecule has 4 heterocycles. The molecule has 2 aromatic carbocycles. The van der Waals surface area contributed by atoms with E-state index in [0.717, 1.165) is 30.2 Å². The molecule has 6 rings (SSSR count). The van der Waals surface area contributed by atoms with Gasteiger partial charge in [-0.05, 0) is 57.8 Å². The predicted molar refractivity (Wildman–Crippen MR) is 160 cm³/mol. The van der Waals surface area contributed by atoms with E-state index in [1.165, 1.54) is 0 Å². The second-order valence-corrected chi connectivity index (χ2v) is 11.4. The number of benzene rings is 2. The van der Waals surface area contributed by atoms with Crippen molar-refractivity contribution in [2.45, 2.75) is 45.7 Å². The second kappa shape index (κ2) is 10.9. The topological polar surface area (TPSA) is 96.7 Å². The highest BCUT2D eigenvalue weighted by atomic mass is 35.5. The Morgan fingerprint density at radius 2 is 1.85 bits per heavy atom. The zero-order valence-electron chi connectivity index (χ0n) is 23.8. The average Bonchev–Trinajstić information content (AvgIpc) is 3.36. The van der Waals surface area contributed by atoms with Crippen LogP contribution in [0.25, 0.3) is 27.5 Å². The van der Waals surface area contributed by atoms with Gasteiger partial charge in [-0.2, -0.15) is 9.97 Å². The normalized spacial score (nSPS) is 19.8. The minimum Gasteiger partial charge on any atom is -0.462 e. The lowest BCUT2D eigenvalue weighted by atomic mass is 10.1. The Labute approximate surface area is 243 Å². The lowest BCUT2D eigenvalue weighted by Gasteiger charge is -2.40. The van der Waals surface area contributed by atoms with Gasteiger partial charge in [-0.1, -0.05) is 35.9 Å². The molecule has 2 atom stereocenters. The molecule has 41 heavy (non-hydrogen) atoms. The fourth-order valence-electron chi connectivity index (χ4n) is 6.07. The van der Waals surface area contributed by atoms with Crippen LogP contribution in [0.2, 0.25) is 5.02 Å². The molecule has 0 spiro atoms. The van der Waals surface area contributed by atoms with Crippen molar-refractivity contribution in [2.24, 2.45) is 0 Å². The summed E-state index contributed by atoms with van der Waals surface area (Å²) in [5.74, 6) is 1.08. The zero-order chi connectivity index (χ0) is 28.8. The molecule has 2 aliphatic heterocycles. The summed E-state index contributed by atoms with van der Waals surface area (Å²) in [6.45, 7) is 8.55. The summed E-state index contributed by atoms with van der Waals surface area (Å²) in [5.41, 5.74) is 0.925. The Morgan fingerprint density at radius 3 is 2.56 bits per heavy atom. The van der Waals surface area contributed by atoms with Gasteiger partial charge in [-0.15, -0.1) is 0 Å². The highest BCUT2D eigenvalue weighted by Gasteiger charge is 2.30. The van der Waals surface area contributed by atoms with Crippen LogP contribution in [-0.4, -0.2) is 87.1 Å². The van der Waals surface area contributed by atoms with Crippen LogP contribution in [-0.2, 0) is 4.79 Å². The van der Waals surface area contributed by atoms with E-state index in [1.54, 1.807) is 18.4 Å². The first kappa shape index (κ1) is 27.4. The molecule has 10 nitrogen and oxygen atoms in total. The summed E-state index contributed by atoms with van der Waals surface area (Å²) < 4.78 is 7.73. The van der Waals surface area contributed by atoms with Gasteiger partial charge in [0, 0.05) is 44.0 Å². The van der Waals surface area contributed by atoms with Crippen molar-refractivity contribution >= 4 is 45.1 Å². The quantitative estimate of drug-likeness (QED) is 0.354. The van der Waals surface area contributed by atoms with Crippen LogP contribution in [0, 0.1) is 6.92 Å². The average molecular weight is 576 g/mol. The van der Waals surface area contributed by atoms with Gasteiger partial charge in [0.05, 0.1) is 10.7 Å². The van der Waals surface area contributed by atoms with Crippen LogP contribution in [0.15, 0.2) is 41.2 Å². The zero-order valence-corrected chi connectivity index (χ0v) is 24.6. The number of carbonyl (C=O) groups is 1. The van der Waals surface area contributed by atoms with Crippen LogP contribution >= 0.6 is 11.6 Å². The molecule has 0 bridgehead atoms. The van der Waals surface area contributed by atoms with Gasteiger partial charge < -0.3 is 19.4 Å². The number of likely N-dealkylation sites (tertiary alicyclic amines) is 1. The number of nitrogens with zero attached hydrogens (tertiary/aromatic N) is 7. The summed E-state index contributed by atoms with van der Waals surface area (Å²) in [5, 5.41) is 2.24. The van der Waals surface area contributed by atoms with E-state index in [4.69, 9.17) is 26.3 Å². The Balaban J connectivity index is 1.51. The highest BCUT2D eigenvalue weighted by Crippen LogP contribution is 2.31. The summed E-state index contributed by atoms with van der Waals surface area (Å²) >= 11 is 6.63. The number of amides is 1. The predicted octanol–water partition coefficient (Wildman–Crippen LogP) is 3.82. The first-order valence-corrected chi connectivity index (χ1v) is 14.4. The number of piperazine rings is 1. The molecule has 11 heteroatoms. The number of carbonyl (C=O) groups excluding carboxylic acids is 1. The molecule has 0 radical (unpaired) electrons. The van der Waals surface area contributed by atoms with Crippen LogP contribution < -0.4 is 15.2 Å². The third-order valence-electron chi connectivity index (χ3n) is 8.34. The molecule has 2 aliphatic rings. The van der Waals surface area contributed by atoms with Gasteiger partial charge in [-0.3, -0.25) is 14.2 Å². The monoisotopic (exact) mass is 575 g/mol. The number of aryl methyl sites for hydroxylation is 1. The molecule has 214 valence electrons. The molecule has 2 fully saturated rings. The number of rotatable bonds is 5. The number of likely N-dealkylation sites (N-methyl/N-ethyl adjacent to an activating group) is 1. The molecule has 2 aromatic heterocycles. The Bertz CT molecular complexity index is 1700. The first-order valence-electron chi connectivity index (χ1n) is 14.1. The molecule has 1 amide bonds. The lowest BCUT2D eigenvalue weighted by molar-refractivity contribution is -0.129. The maximum absolute atomic E-state index is 14.3. The minimum atomic E-state index is -0.318. The molecule has 0 aliphatic carbocycles. The van der Waals surface area contributed by atoms with Crippen molar-refractivity contribution < 1.29 is 9.53 Å². The van der Waals surface area contributed by atoms with Gasteiger partial charge in [0.15, 0.2) is 11.3 Å². The van der Waals surface area contributed by atoms with E-state index < -0.39 is 0 Å². The van der Waals surface area contributed by atoms with Crippen LogP contribution in [0.4, 0.5) is 5.82 Å². The number of hydrogen-bond acceptors (Lipinski definition) is 8. The highest BCUT2D eigenvalue weighted by molar-refractivity contribution is 6.36. The van der Waals surface area contributed by atoms with Crippen molar-refractivity contribution in [1.82, 2.24) is 29.3 Å². The Hall–Kier alpha value is -3.76. The summed E-state index contributed by atoms with van der Waals surface area (Å²) in [6.07, 6.45) is 2.16. The largest absolute Gasteiger partial charge is 0.462 e. The summed E-state index contributed by atoms with van der Waals surface area (Å²) in [7, 11) is 2.09. The number of hydrogen-bond donors (Lipinski definition) is 0. The van der Waals surface area contributed by atoms with Crippen molar-refractivity contribution in [3.05, 3.63) is 57.6 Å². The molecule has 2 saturated heterocycles. The van der Waals surface area contributed by atoms with Gasteiger partial charge in [0.25, 0.3) is 5.56 Å². The fraction of sp³-hybridized carbons (Fsp3) is 0.433. The summed E-state index contributed by atoms with van der Waals surface area (Å²) in [4.78, 5) is 46.9. The van der Waals surface area contributed by atoms with Crippen molar-refractivity contribution in [2.75, 3.05) is 44.7 Å². The number of halogens is 1. The fourth-order valence-corrected chi connectivity index (χ4v) is 6.35. The lowest BCUT2D eigenvalue weighted by Crippen LogP contribution is -2.53. The van der Waals surface area contributed by atoms with Crippen LogP contribution in [0.1, 0.15) is 32.5 Å². The maximum atomic E-state index is 14.3. The smallest absolute Gasteiger partial charge is 0.319 e. The SMILES string of the molecule is CC(=O)N1CCN(c2nc(OCC3CCCN3C)nc3c(=O)n(-c4cccc5cccc(Cl)c45)c(C)nc23)[C@@H](C)C1. The van der Waals surface area contributed by atoms with Gasteiger partial charge in [-0.25, -0.2) is 4.98 Å². The van der Waals surface area contributed by atoms with Gasteiger partial charge in [0.2, 0.25) is 5.91 Å². The standard InChI is InChI=1S/C30H34ClN7O3/c1-18-16-36(20(3)39)14-15-37(18)28-26-27(33-30(34-28)41-17-22-10-7-13-35(22)4)29(40)38(19(2)32-26)24-12-6-9-21-8-5-11-23(31)25(21)24/h5-6,8-9,11-12,18,22H,7,10,13-17H2,1-4H3/t18-,22?/m0/s1. The molecular formula is C30H34ClN7O3. The van der Waals surface area contributed by atoms with E-state index in [0.29, 0.717) is 54.1 Å². The summed E-state index contributed by atoms with van der Waals surface area (Å²) in [6, 6.07) is 11.8. The second-order valence-electron chi connectivity index (χ2n) is 11.0. The van der Waals surface area contributed by atoms with Crippen molar-refractivity contribution in [3.8, 4) is 11.7 Å². The van der Waals surface area contributed by atoms with Crippen LogP contribution in [0.3, 0.4) is 0 Å². The number of anilines is 1. The van der Waals surface area contributed by atoms with E-state index in [9.17, 15) is 9.59 Å². The number of fused-ring (bicyclic) bond motifs is 2. The number of ether oxygens (including phenoxy) is 1. The van der Waals surface area contributed by atoms with E-state index in [2.05, 4.69) is 21.8 Å². The van der Waals surface area contributed by atoms with E-state index >= 15 is 0 Å². The molecule has 1 unspecified atom stereocenters. The third kappa shape index (κ3) is 4.99. The Kier molecular flexibility index (Phi) is 7.29. The van der Waals surface area contributed by atoms with Crippen LogP contribution in [0.5, 0.6) is 6.01 Å². The van der Waals surface area contributed by atoms with Crippen molar-refractivity contribution in [1.29, 1.82) is 0 Å². The molecule has 0 saturated carbocycles. The van der Waals surface area contributed by atoms with Gasteiger partial charge >= 0.3 is 6.01 Å². The third-order valence-corrected chi connectivity index (χ3v) is 8.66. The van der Waals surface area contributed by atoms with Gasteiger partial charge in [0.1, 0.15) is 17.9 Å². The van der Waals surface area contributed by atoms with Crippen molar-refractivity contribution in [3.63, 3.8) is 0 Å².